The van der Waals surface area contributed by atoms with Gasteiger partial charge < -0.3 is 37.2 Å². The lowest BCUT2D eigenvalue weighted by atomic mass is 9.33. The van der Waals surface area contributed by atoms with E-state index in [1.807, 2.05) is 0 Å². The van der Waals surface area contributed by atoms with E-state index in [0.29, 0.717) is 0 Å². The second-order valence-electron chi connectivity index (χ2n) is 32.3. The Kier molecular flexibility index (Phi) is 13.3. The molecule has 0 bridgehead atoms. The minimum absolute atomic E-state index is 0.253. The van der Waals surface area contributed by atoms with E-state index in [-0.39, 0.29) is 12.1 Å². The van der Waals surface area contributed by atoms with Crippen LogP contribution in [0.25, 0.3) is 165 Å². The molecule has 8 heterocycles. The molecule has 0 saturated carbocycles. The van der Waals surface area contributed by atoms with E-state index in [4.69, 9.17) is 0 Å². The number of nitrogens with zero attached hydrogens (tertiary/aromatic N) is 8. The van der Waals surface area contributed by atoms with E-state index in [9.17, 15) is 0 Å². The number of benzene rings is 17. The Bertz CT molecular complexity index is 7440. The second kappa shape index (κ2) is 23.9. The van der Waals surface area contributed by atoms with Crippen molar-refractivity contribution >= 4 is 188 Å². The van der Waals surface area contributed by atoms with Crippen LogP contribution in [0.3, 0.4) is 0 Å². The summed E-state index contributed by atoms with van der Waals surface area (Å²) < 4.78 is 15.0. The summed E-state index contributed by atoms with van der Waals surface area (Å²) in [6, 6.07) is 142. The van der Waals surface area contributed by atoms with Gasteiger partial charge in [-0.2, -0.15) is 0 Å². The Labute approximate surface area is 662 Å². The first-order valence-electron chi connectivity index (χ1n) is 40.0. The summed E-state index contributed by atoms with van der Waals surface area (Å²) in [5, 5.41) is 14.5. The van der Waals surface area contributed by atoms with Gasteiger partial charge in [0.05, 0.1) is 77.6 Å². The fourth-order valence-corrected chi connectivity index (χ4v) is 20.4. The fraction of sp³-hybridized carbons (Fsp3) is 0.0377. The summed E-state index contributed by atoms with van der Waals surface area (Å²) in [6.45, 7) is 6.94. The van der Waals surface area contributed by atoms with E-state index < -0.39 is 0 Å². The van der Waals surface area contributed by atoms with Gasteiger partial charge in [0, 0.05) is 122 Å². The predicted molar refractivity (Wildman–Crippen MR) is 485 cm³/mol. The molecule has 0 unspecified atom stereocenters. The third kappa shape index (κ3) is 8.97. The number of aromatic nitrogens is 6. The molecule has 0 aliphatic carbocycles. The zero-order valence-corrected chi connectivity index (χ0v) is 63.5. The summed E-state index contributed by atoms with van der Waals surface area (Å²) in [7, 11) is 0. The lowest BCUT2D eigenvalue weighted by Crippen LogP contribution is -2.61. The van der Waals surface area contributed by atoms with Crippen LogP contribution in [0.5, 0.6) is 0 Å². The highest BCUT2D eigenvalue weighted by Gasteiger charge is 2.46. The highest BCUT2D eigenvalue weighted by atomic mass is 15.2. The molecule has 0 amide bonds. The Morgan fingerprint density at radius 3 is 0.774 bits per heavy atom. The molecule has 0 atom stereocenters. The van der Waals surface area contributed by atoms with Crippen LogP contribution in [0.2, 0.25) is 0 Å². The number of fused-ring (bicyclic) bond motifs is 22. The van der Waals surface area contributed by atoms with Crippen LogP contribution in [0, 0.1) is 0 Å². The molecule has 23 aromatic rings. The van der Waals surface area contributed by atoms with Gasteiger partial charge in [0.2, 0.25) is 0 Å². The first-order chi connectivity index (χ1) is 56.8. The summed E-state index contributed by atoms with van der Waals surface area (Å²) in [6.07, 6.45) is 0. The molecule has 0 fully saturated rings. The van der Waals surface area contributed by atoms with Crippen LogP contribution in [-0.4, -0.2) is 34.1 Å². The third-order valence-corrected chi connectivity index (χ3v) is 25.3. The van der Waals surface area contributed by atoms with Crippen molar-refractivity contribution in [3.8, 4) is 34.1 Å². The molecule has 2 aliphatic rings. The van der Waals surface area contributed by atoms with Crippen molar-refractivity contribution in [2.75, 3.05) is 9.80 Å². The average Bonchev–Trinajstić information content (AvgIpc) is 1.58. The molecular formula is C106H71BN8. The molecule has 0 N–H and O–H groups in total. The SMILES string of the molecule is CC(C)(C)c1cc2c3c(c1)N(c1cccc4c5cc(-n6c7ccccc7c7ccccc76)ccc5n(-c5ccccc5)c14)c1cc(-n4c5ccccc5c5ccccc54)ccc1B3c1ccc(-n3c4ccccc4c4ccccc43)cc1N2c1cccc2c3cc(-n4c5ccccc5c5ccccc54)ccc3n(-c3ccccc3)c12. The Balaban J connectivity index is 0.815. The molecule has 6 aromatic heterocycles. The Hall–Kier alpha value is -14.8. The summed E-state index contributed by atoms with van der Waals surface area (Å²) in [5.41, 5.74) is 31.6. The maximum atomic E-state index is 2.69. The standard InChI is InChI=1S/C106H71BN8/c1-106(2,3)66-60-101-103-102(61-66)115(98-51-27-41-82-84-63-70(55-59-96(84)113(105(82)98)68-30-8-5-9-31-68)109-89-44-20-12-34-75(89)76-35-13-21-45-90(76)109)100-65-72(111-93-48-24-16-38-79(93)80-39-17-25-49-94(80)111)53-57-86(100)107(103)85-56-52-71(110-91-46-22-14-36-77(91)78-37-15-23-47-92(78)110)64-99(85)114(101)97-50-26-40-81-83-62-69(54-58-95(83)112(104(81)97)67-28-6-4-7-29-67)108-87-42-18-10-32-73(87)74-33-11-19-43-88(74)108/h4-65H,1-3H3. The molecule has 2 aliphatic heterocycles. The van der Waals surface area contributed by atoms with Gasteiger partial charge in [-0.1, -0.05) is 239 Å². The van der Waals surface area contributed by atoms with E-state index >= 15 is 0 Å². The molecule has 0 saturated heterocycles. The topological polar surface area (TPSA) is 36.1 Å². The molecule has 9 heteroatoms. The molecule has 0 radical (unpaired) electrons. The molecule has 538 valence electrons. The second-order valence-corrected chi connectivity index (χ2v) is 32.3. The van der Waals surface area contributed by atoms with Crippen molar-refractivity contribution in [2.24, 2.45) is 0 Å². The van der Waals surface area contributed by atoms with Crippen molar-refractivity contribution in [2.45, 2.75) is 26.2 Å². The van der Waals surface area contributed by atoms with Crippen LogP contribution in [0.1, 0.15) is 26.3 Å². The summed E-state index contributed by atoms with van der Waals surface area (Å²) in [4.78, 5) is 5.39. The molecule has 8 nitrogen and oxygen atoms in total. The van der Waals surface area contributed by atoms with E-state index in [1.54, 1.807) is 0 Å². The van der Waals surface area contributed by atoms with E-state index in [1.165, 1.54) is 97.9 Å². The van der Waals surface area contributed by atoms with Crippen molar-refractivity contribution < 1.29 is 0 Å². The largest absolute Gasteiger partial charge is 0.309 e. The molecule has 115 heavy (non-hydrogen) atoms. The van der Waals surface area contributed by atoms with Crippen molar-refractivity contribution in [1.82, 2.24) is 27.4 Å². The van der Waals surface area contributed by atoms with Crippen molar-refractivity contribution in [1.29, 1.82) is 0 Å². The fourth-order valence-electron chi connectivity index (χ4n) is 20.4. The Morgan fingerprint density at radius 1 is 0.191 bits per heavy atom. The maximum Gasteiger partial charge on any atom is 0.252 e. The van der Waals surface area contributed by atoms with Crippen LogP contribution < -0.4 is 26.2 Å². The number of anilines is 6. The van der Waals surface area contributed by atoms with E-state index in [0.717, 1.165) is 123 Å². The van der Waals surface area contributed by atoms with Crippen LogP contribution in [0.15, 0.2) is 376 Å². The lowest BCUT2D eigenvalue weighted by molar-refractivity contribution is 0.590. The predicted octanol–water partition coefficient (Wildman–Crippen LogP) is 25.6. The summed E-state index contributed by atoms with van der Waals surface area (Å²) in [5.74, 6) is 0. The first-order valence-corrected chi connectivity index (χ1v) is 40.0. The van der Waals surface area contributed by atoms with Gasteiger partial charge in [-0.25, -0.2) is 0 Å². The normalized spacial score (nSPS) is 12.9. The van der Waals surface area contributed by atoms with Gasteiger partial charge in [0.1, 0.15) is 0 Å². The van der Waals surface area contributed by atoms with Gasteiger partial charge in [-0.05, 0) is 185 Å². The van der Waals surface area contributed by atoms with Gasteiger partial charge in [0.25, 0.3) is 6.71 Å². The van der Waals surface area contributed by atoms with Crippen LogP contribution >= 0.6 is 0 Å². The zero-order chi connectivity index (χ0) is 75.6. The molecule has 25 rings (SSSR count). The minimum atomic E-state index is -0.350. The van der Waals surface area contributed by atoms with E-state index in [2.05, 4.69) is 434 Å². The van der Waals surface area contributed by atoms with Gasteiger partial charge >= 0.3 is 0 Å². The zero-order valence-electron chi connectivity index (χ0n) is 63.5. The monoisotopic (exact) mass is 1470 g/mol. The third-order valence-electron chi connectivity index (χ3n) is 25.3. The van der Waals surface area contributed by atoms with Crippen molar-refractivity contribution in [3.05, 3.63) is 382 Å². The van der Waals surface area contributed by atoms with Gasteiger partial charge in [-0.3, -0.25) is 0 Å². The van der Waals surface area contributed by atoms with Gasteiger partial charge in [0.15, 0.2) is 0 Å². The molecule has 17 aromatic carbocycles. The lowest BCUT2D eigenvalue weighted by Gasteiger charge is -2.45. The minimum Gasteiger partial charge on any atom is -0.309 e. The smallest absolute Gasteiger partial charge is 0.252 e. The number of hydrogen-bond donors (Lipinski definition) is 0. The highest BCUT2D eigenvalue weighted by Crippen LogP contribution is 2.53. The first kappa shape index (κ1) is 63.9. The average molecular weight is 1470 g/mol. The number of rotatable bonds is 8. The maximum absolute atomic E-state index is 2.69. The number of para-hydroxylation sites is 12. The molecule has 0 spiro atoms. The van der Waals surface area contributed by atoms with Gasteiger partial charge in [-0.15, -0.1) is 0 Å². The Morgan fingerprint density at radius 2 is 0.461 bits per heavy atom. The van der Waals surface area contributed by atoms with Crippen LogP contribution in [0.4, 0.5) is 34.1 Å². The van der Waals surface area contributed by atoms with Crippen LogP contribution in [-0.2, 0) is 5.41 Å². The quantitative estimate of drug-likeness (QED) is 0.142. The number of hydrogen-bond acceptors (Lipinski definition) is 2. The highest BCUT2D eigenvalue weighted by molar-refractivity contribution is 7.00. The van der Waals surface area contributed by atoms with Crippen molar-refractivity contribution in [3.63, 3.8) is 0 Å². The summed E-state index contributed by atoms with van der Waals surface area (Å²) >= 11 is 0. The molecular weight excluding hydrogens is 1400 g/mol.